The van der Waals surface area contributed by atoms with Gasteiger partial charge in [-0.05, 0) is 0 Å². The van der Waals surface area contributed by atoms with Gasteiger partial charge in [0.2, 0.25) is 0 Å². The Morgan fingerprint density at radius 1 is 0.727 bits per heavy atom. The Hall–Kier alpha value is -2.33. The Bertz CT molecular complexity index is 769. The average Bonchev–Trinajstić information content (AvgIpc) is 2.61. The van der Waals surface area contributed by atoms with Crippen molar-refractivity contribution in [2.75, 3.05) is 0 Å². The van der Waals surface area contributed by atoms with E-state index in [1.165, 1.54) is 15.6 Å². The third-order valence-electron chi connectivity index (χ3n) is 3.45. The number of hydrogen-bond donors (Lipinski definition) is 0. The second-order valence-corrected chi connectivity index (χ2v) is 7.19. The van der Waals surface area contributed by atoms with Gasteiger partial charge in [0.05, 0.1) is 0 Å². The molecule has 0 aliphatic heterocycles. The summed E-state index contributed by atoms with van der Waals surface area (Å²) in [5.41, 5.74) is 4.45. The molecule has 1 nitrogen and oxygen atoms in total. The Labute approximate surface area is 137 Å². The normalized spacial score (nSPS) is 10.1. The van der Waals surface area contributed by atoms with Gasteiger partial charge in [0, 0.05) is 0 Å². The molecule has 0 spiro atoms. The van der Waals surface area contributed by atoms with Crippen LogP contribution in [-0.2, 0) is 5.32 Å². The van der Waals surface area contributed by atoms with Crippen molar-refractivity contribution in [2.45, 2.75) is 5.32 Å². The summed E-state index contributed by atoms with van der Waals surface area (Å²) in [5, 5.41) is 9.97. The molecule has 0 aliphatic carbocycles. The molecule has 0 fully saturated rings. The molecule has 22 heavy (non-hydrogen) atoms. The average molecular weight is 348 g/mol. The van der Waals surface area contributed by atoms with Crippen LogP contribution in [0.25, 0.3) is 11.1 Å². The van der Waals surface area contributed by atoms with Crippen molar-refractivity contribution in [3.63, 3.8) is 0 Å². The summed E-state index contributed by atoms with van der Waals surface area (Å²) >= 11 is 0.463. The second-order valence-electron chi connectivity index (χ2n) is 4.99. The van der Waals surface area contributed by atoms with E-state index in [-0.39, 0.29) is 0 Å². The molecule has 0 bridgehead atoms. The number of nitriles is 1. The predicted octanol–water partition coefficient (Wildman–Crippen LogP) is 3.75. The fourth-order valence-electron chi connectivity index (χ4n) is 2.22. The third kappa shape index (κ3) is 3.65. The molecule has 2 heteroatoms. The van der Waals surface area contributed by atoms with E-state index >= 15 is 0 Å². The van der Waals surface area contributed by atoms with Gasteiger partial charge in [-0.1, -0.05) is 0 Å². The van der Waals surface area contributed by atoms with E-state index in [0.717, 1.165) is 10.9 Å². The van der Waals surface area contributed by atoms with Crippen LogP contribution in [0, 0.1) is 11.3 Å². The van der Waals surface area contributed by atoms with Crippen LogP contribution < -0.4 is 4.46 Å². The molecular weight excluding hydrogens is 333 g/mol. The number of benzene rings is 3. The van der Waals surface area contributed by atoms with E-state index in [4.69, 9.17) is 5.26 Å². The minimum atomic E-state index is 0.463. The first-order valence-electron chi connectivity index (χ1n) is 7.12. The Balaban J connectivity index is 1.68. The Morgan fingerprint density at radius 2 is 1.32 bits per heavy atom. The summed E-state index contributed by atoms with van der Waals surface area (Å²) in [6, 6.07) is 29.3. The molecule has 0 saturated carbocycles. The van der Waals surface area contributed by atoms with Crippen LogP contribution in [0.2, 0.25) is 0 Å². The first kappa shape index (κ1) is 14.6. The van der Waals surface area contributed by atoms with Crippen LogP contribution in [0.5, 0.6) is 0 Å². The van der Waals surface area contributed by atoms with Gasteiger partial charge in [-0.15, -0.1) is 0 Å². The van der Waals surface area contributed by atoms with Crippen molar-refractivity contribution in [3.05, 3.63) is 90.0 Å². The number of hydrogen-bond acceptors (Lipinski definition) is 1. The van der Waals surface area contributed by atoms with E-state index < -0.39 is 0 Å². The molecule has 0 saturated heterocycles. The van der Waals surface area contributed by atoms with Crippen molar-refractivity contribution in [1.29, 1.82) is 5.26 Å². The van der Waals surface area contributed by atoms with Gasteiger partial charge in [-0.3, -0.25) is 0 Å². The van der Waals surface area contributed by atoms with Gasteiger partial charge in [0.15, 0.2) is 0 Å². The zero-order valence-electron chi connectivity index (χ0n) is 12.1. The molecule has 106 valence electrons. The molecule has 3 aromatic carbocycles. The van der Waals surface area contributed by atoms with Crippen molar-refractivity contribution >= 4 is 19.4 Å². The molecule has 0 aliphatic rings. The summed E-state index contributed by atoms with van der Waals surface area (Å²) in [6.45, 7) is 0. The summed E-state index contributed by atoms with van der Waals surface area (Å²) in [5.74, 6) is 0. The van der Waals surface area contributed by atoms with Crippen LogP contribution in [0.3, 0.4) is 0 Å². The van der Waals surface area contributed by atoms with Gasteiger partial charge in [0.25, 0.3) is 0 Å². The summed E-state index contributed by atoms with van der Waals surface area (Å²) in [4.78, 5) is 0. The number of nitrogens with zero attached hydrogens (tertiary/aromatic N) is 1. The van der Waals surface area contributed by atoms with E-state index in [1.807, 2.05) is 24.3 Å². The van der Waals surface area contributed by atoms with Gasteiger partial charge < -0.3 is 0 Å². The van der Waals surface area contributed by atoms with Crippen LogP contribution in [0.15, 0.2) is 78.9 Å². The quantitative estimate of drug-likeness (QED) is 0.659. The van der Waals surface area contributed by atoms with E-state index in [2.05, 4.69) is 60.7 Å². The second kappa shape index (κ2) is 7.09. The molecule has 3 rings (SSSR count). The molecule has 0 aromatic heterocycles. The number of rotatable bonds is 4. The summed E-state index contributed by atoms with van der Waals surface area (Å²) in [6.07, 6.45) is 0. The molecular formula is C20H15NSe. The summed E-state index contributed by atoms with van der Waals surface area (Å²) in [7, 11) is 0. The fraction of sp³-hybridized carbons (Fsp3) is 0.0500. The first-order chi connectivity index (χ1) is 10.8. The standard InChI is InChI=1S/C20H15NSe/c21-14-16-6-8-18(9-7-16)19-10-12-20(13-11-19)22-15-17-4-2-1-3-5-17/h1-13H,15H2. The van der Waals surface area contributed by atoms with Gasteiger partial charge in [-0.2, -0.15) is 0 Å². The van der Waals surface area contributed by atoms with Crippen LogP contribution in [0.1, 0.15) is 11.1 Å². The minimum absolute atomic E-state index is 0.463. The maximum absolute atomic E-state index is 8.84. The third-order valence-corrected chi connectivity index (χ3v) is 5.72. The molecule has 0 unspecified atom stereocenters. The van der Waals surface area contributed by atoms with Gasteiger partial charge in [-0.25, -0.2) is 0 Å². The monoisotopic (exact) mass is 349 g/mol. The fourth-order valence-corrected chi connectivity index (χ4v) is 4.01. The van der Waals surface area contributed by atoms with Crippen molar-refractivity contribution in [1.82, 2.24) is 0 Å². The van der Waals surface area contributed by atoms with Crippen molar-refractivity contribution < 1.29 is 0 Å². The van der Waals surface area contributed by atoms with Crippen LogP contribution in [0.4, 0.5) is 0 Å². The molecule has 0 heterocycles. The van der Waals surface area contributed by atoms with E-state index in [0.29, 0.717) is 20.5 Å². The van der Waals surface area contributed by atoms with Gasteiger partial charge in [0.1, 0.15) is 0 Å². The predicted molar refractivity (Wildman–Crippen MR) is 92.1 cm³/mol. The molecule has 0 radical (unpaired) electrons. The van der Waals surface area contributed by atoms with Crippen LogP contribution >= 0.6 is 0 Å². The topological polar surface area (TPSA) is 23.8 Å². The molecule has 3 aromatic rings. The Kier molecular flexibility index (Phi) is 4.71. The summed E-state index contributed by atoms with van der Waals surface area (Å²) < 4.78 is 1.41. The van der Waals surface area contributed by atoms with Crippen LogP contribution in [-0.4, -0.2) is 15.0 Å². The van der Waals surface area contributed by atoms with E-state index in [1.54, 1.807) is 0 Å². The maximum atomic E-state index is 8.84. The molecule has 0 amide bonds. The molecule has 0 atom stereocenters. The SMILES string of the molecule is N#Cc1ccc(-c2ccc([Se]Cc3ccccc3)cc2)cc1. The van der Waals surface area contributed by atoms with E-state index in [9.17, 15) is 0 Å². The van der Waals surface area contributed by atoms with Crippen molar-refractivity contribution in [2.24, 2.45) is 0 Å². The first-order valence-corrected chi connectivity index (χ1v) is 9.19. The zero-order valence-corrected chi connectivity index (χ0v) is 13.8. The molecule has 0 N–H and O–H groups in total. The Morgan fingerprint density at radius 3 is 1.91 bits per heavy atom. The zero-order chi connectivity index (χ0) is 15.2. The van der Waals surface area contributed by atoms with Crippen molar-refractivity contribution in [3.8, 4) is 17.2 Å². The van der Waals surface area contributed by atoms with Gasteiger partial charge >= 0.3 is 137 Å².